The van der Waals surface area contributed by atoms with Gasteiger partial charge in [-0.15, -0.1) is 0 Å². The normalized spacial score (nSPS) is 16.3. The number of pyridine rings is 2. The molecule has 7 rings (SSSR count). The number of aryl methyl sites for hydroxylation is 1. The second-order valence-electron chi connectivity index (χ2n) is 8.39. The summed E-state index contributed by atoms with van der Waals surface area (Å²) in [5, 5.41) is 12.2. The minimum Gasteiger partial charge on any atom is -0.373 e. The summed E-state index contributed by atoms with van der Waals surface area (Å²) in [5.41, 5.74) is 10.4. The average molecular weight is 429 g/mol. The molecular weight excluding hydrogens is 410 g/mol. The van der Waals surface area contributed by atoms with Crippen molar-refractivity contribution in [2.75, 3.05) is 0 Å². The maximum atomic E-state index is 5.04. The first kappa shape index (κ1) is 18.1. The highest BCUT2D eigenvalue weighted by Gasteiger charge is 2.37. The van der Waals surface area contributed by atoms with Crippen molar-refractivity contribution in [3.05, 3.63) is 102 Å². The van der Waals surface area contributed by atoms with Crippen LogP contribution in [0.25, 0.3) is 39.1 Å². The van der Waals surface area contributed by atoms with Gasteiger partial charge in [0, 0.05) is 52.6 Å². The number of H-pyrrole nitrogens is 2. The van der Waals surface area contributed by atoms with Crippen molar-refractivity contribution >= 4 is 16.5 Å². The third-order valence-corrected chi connectivity index (χ3v) is 6.35. The van der Waals surface area contributed by atoms with E-state index in [0.29, 0.717) is 0 Å². The number of hydrogen-bond acceptors (Lipinski definition) is 5. The van der Waals surface area contributed by atoms with Crippen LogP contribution in [0.1, 0.15) is 28.6 Å². The number of nitrogens with one attached hydrogen (secondary N) is 3. The van der Waals surface area contributed by atoms with Gasteiger partial charge in [-0.05, 0) is 48.4 Å². The van der Waals surface area contributed by atoms with Crippen LogP contribution in [0, 0.1) is 6.92 Å². The number of benzene rings is 1. The van der Waals surface area contributed by atoms with Crippen molar-refractivity contribution in [1.29, 1.82) is 0 Å². The van der Waals surface area contributed by atoms with Crippen molar-refractivity contribution in [2.45, 2.75) is 13.0 Å². The van der Waals surface area contributed by atoms with Crippen molar-refractivity contribution < 1.29 is 0 Å². The number of nitrogens with zero attached hydrogens (tertiary/aromatic N) is 4. The van der Waals surface area contributed by atoms with Crippen LogP contribution in [-0.2, 0) is 0 Å². The number of allylic oxidation sites excluding steroid dienone is 2. The van der Waals surface area contributed by atoms with E-state index in [0.717, 1.165) is 56.1 Å². The van der Waals surface area contributed by atoms with E-state index in [1.165, 1.54) is 11.3 Å². The van der Waals surface area contributed by atoms with Crippen molar-refractivity contribution in [3.8, 4) is 22.6 Å². The van der Waals surface area contributed by atoms with Crippen LogP contribution < -0.4 is 5.32 Å². The molecule has 1 saturated heterocycles. The Kier molecular flexibility index (Phi) is 3.69. The summed E-state index contributed by atoms with van der Waals surface area (Å²) < 4.78 is 0. The highest BCUT2D eigenvalue weighted by molar-refractivity contribution is 5.95. The molecule has 33 heavy (non-hydrogen) atoms. The van der Waals surface area contributed by atoms with Crippen molar-refractivity contribution in [2.24, 2.45) is 0 Å². The van der Waals surface area contributed by atoms with Gasteiger partial charge in [-0.2, -0.15) is 5.10 Å². The molecule has 1 atom stereocenters. The molecule has 5 aromatic rings. The Balaban J connectivity index is 1.38. The number of imidazole rings is 1. The molecule has 1 fully saturated rings. The van der Waals surface area contributed by atoms with Gasteiger partial charge in [0.05, 0.1) is 16.9 Å². The molecule has 0 bridgehead atoms. The fourth-order valence-corrected chi connectivity index (χ4v) is 4.55. The lowest BCUT2D eigenvalue weighted by molar-refractivity contribution is 1.01. The number of rotatable bonds is 3. The standard InChI is InChI=1S/C26H19N7/c1-14-8-10-28-13-19(14)15-4-6-20-18(11-15)23(33-32-20)26-30-22-17(16-3-2-9-27-12-16)5-7-21-24(29-21)25(22)31-26/h2-13,24,29H,1H3,(H,30,31)(H,32,33). The molecule has 7 nitrogen and oxygen atoms in total. The van der Waals surface area contributed by atoms with Crippen LogP contribution in [0.3, 0.4) is 0 Å². The molecule has 158 valence electrons. The lowest BCUT2D eigenvalue weighted by atomic mass is 10.0. The number of aromatic amines is 2. The van der Waals surface area contributed by atoms with Gasteiger partial charge in [-0.3, -0.25) is 15.1 Å². The van der Waals surface area contributed by atoms with Crippen LogP contribution in [0.15, 0.2) is 79.0 Å². The minimum absolute atomic E-state index is 0.158. The topological polar surface area (TPSA) is 105 Å². The Hall–Kier alpha value is -4.52. The predicted molar refractivity (Wildman–Crippen MR) is 127 cm³/mol. The van der Waals surface area contributed by atoms with E-state index < -0.39 is 0 Å². The summed E-state index contributed by atoms with van der Waals surface area (Å²) in [6.07, 6.45) is 11.6. The van der Waals surface area contributed by atoms with Gasteiger partial charge in [0.15, 0.2) is 5.82 Å². The number of hydrogen-bond donors (Lipinski definition) is 3. The van der Waals surface area contributed by atoms with Crippen LogP contribution in [-0.4, -0.2) is 30.1 Å². The summed E-state index contributed by atoms with van der Waals surface area (Å²) in [4.78, 5) is 17.2. The third kappa shape index (κ3) is 2.82. The molecule has 5 heterocycles. The first-order chi connectivity index (χ1) is 16.3. The lowest BCUT2D eigenvalue weighted by Crippen LogP contribution is -1.95. The van der Waals surface area contributed by atoms with Gasteiger partial charge in [0.25, 0.3) is 0 Å². The third-order valence-electron chi connectivity index (χ3n) is 6.35. The van der Waals surface area contributed by atoms with Crippen molar-refractivity contribution in [3.63, 3.8) is 0 Å². The number of aromatic nitrogens is 6. The smallest absolute Gasteiger partial charge is 0.159 e. The molecule has 3 N–H and O–H groups in total. The SMILES string of the molecule is Cc1ccncc1-c1ccc2[nH]nc(-c3nc4c([nH]3)C3NC3=CC=C4c3cccnc3)c2c1. The Morgan fingerprint density at radius 1 is 0.909 bits per heavy atom. The largest absolute Gasteiger partial charge is 0.373 e. The fraction of sp³-hybridized carbons (Fsp3) is 0.0769. The van der Waals surface area contributed by atoms with Crippen molar-refractivity contribution in [1.82, 2.24) is 35.5 Å². The number of fused-ring (bicyclic) bond motifs is 4. The predicted octanol–water partition coefficient (Wildman–Crippen LogP) is 4.69. The monoisotopic (exact) mass is 429 g/mol. The second kappa shape index (κ2) is 6.74. The summed E-state index contributed by atoms with van der Waals surface area (Å²) in [6, 6.07) is 12.5. The molecule has 1 aromatic carbocycles. The van der Waals surface area contributed by atoms with Crippen LogP contribution in [0.4, 0.5) is 0 Å². The van der Waals surface area contributed by atoms with E-state index in [1.54, 1.807) is 6.20 Å². The van der Waals surface area contributed by atoms with Crippen LogP contribution in [0.2, 0.25) is 0 Å². The summed E-state index contributed by atoms with van der Waals surface area (Å²) in [6.45, 7) is 2.10. The molecule has 7 heteroatoms. The maximum absolute atomic E-state index is 5.04. The second-order valence-corrected chi connectivity index (χ2v) is 8.39. The molecule has 0 radical (unpaired) electrons. The molecule has 1 aliphatic heterocycles. The van der Waals surface area contributed by atoms with Gasteiger partial charge in [-0.25, -0.2) is 4.98 Å². The Morgan fingerprint density at radius 3 is 2.73 bits per heavy atom. The van der Waals surface area contributed by atoms with Gasteiger partial charge in [0.2, 0.25) is 0 Å². The van der Waals surface area contributed by atoms with Gasteiger partial charge < -0.3 is 10.3 Å². The summed E-state index contributed by atoms with van der Waals surface area (Å²) in [7, 11) is 0. The molecule has 0 amide bonds. The van der Waals surface area contributed by atoms with Crippen LogP contribution in [0.5, 0.6) is 0 Å². The van der Waals surface area contributed by atoms with Gasteiger partial charge in [-0.1, -0.05) is 18.2 Å². The molecule has 0 spiro atoms. The zero-order valence-electron chi connectivity index (χ0n) is 17.8. The summed E-state index contributed by atoms with van der Waals surface area (Å²) >= 11 is 0. The zero-order valence-corrected chi connectivity index (χ0v) is 17.8. The fourth-order valence-electron chi connectivity index (χ4n) is 4.55. The van der Waals surface area contributed by atoms with E-state index in [-0.39, 0.29) is 6.04 Å². The maximum Gasteiger partial charge on any atom is 0.159 e. The Morgan fingerprint density at radius 2 is 1.85 bits per heavy atom. The van der Waals surface area contributed by atoms with Gasteiger partial charge >= 0.3 is 0 Å². The highest BCUT2D eigenvalue weighted by atomic mass is 15.2. The van der Waals surface area contributed by atoms with Gasteiger partial charge in [0.1, 0.15) is 11.7 Å². The molecule has 4 aromatic heterocycles. The molecular formula is C26H19N7. The molecule has 0 saturated carbocycles. The van der Waals surface area contributed by atoms with E-state index in [2.05, 4.69) is 73.8 Å². The average Bonchev–Trinajstić information content (AvgIpc) is 3.34. The Labute approximate surface area is 189 Å². The minimum atomic E-state index is 0.158. The van der Waals surface area contributed by atoms with Crippen LogP contribution >= 0.6 is 0 Å². The summed E-state index contributed by atoms with van der Waals surface area (Å²) in [5.74, 6) is 0.746. The van der Waals surface area contributed by atoms with E-state index in [1.807, 2.05) is 30.7 Å². The van der Waals surface area contributed by atoms with E-state index in [9.17, 15) is 0 Å². The first-order valence-electron chi connectivity index (χ1n) is 10.8. The molecule has 1 unspecified atom stereocenters. The molecule has 1 aliphatic carbocycles. The first-order valence-corrected chi connectivity index (χ1v) is 10.8. The Bertz CT molecular complexity index is 1600. The van der Waals surface area contributed by atoms with E-state index in [4.69, 9.17) is 4.98 Å². The quantitative estimate of drug-likeness (QED) is 0.361. The van der Waals surface area contributed by atoms with E-state index >= 15 is 0 Å². The highest BCUT2D eigenvalue weighted by Crippen LogP contribution is 2.42. The molecule has 2 aliphatic rings. The lowest BCUT2D eigenvalue weighted by Gasteiger charge is -2.05. The zero-order chi connectivity index (χ0) is 21.9.